The van der Waals surface area contributed by atoms with Crippen LogP contribution in [0, 0.1) is 5.82 Å². The molecule has 6 rings (SSSR count). The van der Waals surface area contributed by atoms with Gasteiger partial charge in [-0.2, -0.15) is 0 Å². The van der Waals surface area contributed by atoms with E-state index in [1.807, 2.05) is 41.3 Å². The molecule has 3 heterocycles. The minimum atomic E-state index is -3.01. The lowest BCUT2D eigenvalue weighted by Crippen LogP contribution is -2.53. The van der Waals surface area contributed by atoms with Gasteiger partial charge in [0.25, 0.3) is 0 Å². The Hall–Kier alpha value is -3.99. The molecule has 11 heteroatoms. The quantitative estimate of drug-likeness (QED) is 0.215. The Morgan fingerprint density at radius 3 is 2.71 bits per heavy atom. The predicted octanol–water partition coefficient (Wildman–Crippen LogP) is 6.23. The second-order valence-corrected chi connectivity index (χ2v) is 12.8. The van der Waals surface area contributed by atoms with Gasteiger partial charge >= 0.3 is 0 Å². The van der Waals surface area contributed by atoms with Crippen LogP contribution in [0.5, 0.6) is 5.75 Å². The number of anilines is 2. The normalized spacial score (nSPS) is 14.2. The number of hydrogen-bond acceptors (Lipinski definition) is 8. The molecule has 5 aromatic rings. The second-order valence-electron chi connectivity index (χ2n) is 10.1. The predicted molar refractivity (Wildman–Crippen MR) is 157 cm³/mol. The molecule has 1 aliphatic heterocycles. The van der Waals surface area contributed by atoms with Gasteiger partial charge in [-0.15, -0.1) is 0 Å². The first kappa shape index (κ1) is 27.2. The molecule has 0 aliphatic carbocycles. The van der Waals surface area contributed by atoms with Gasteiger partial charge in [0.15, 0.2) is 9.84 Å². The van der Waals surface area contributed by atoms with Crippen LogP contribution >= 0.6 is 11.6 Å². The van der Waals surface area contributed by atoms with Crippen LogP contribution in [-0.4, -0.2) is 47.9 Å². The third kappa shape index (κ3) is 6.19. The Morgan fingerprint density at radius 1 is 1.07 bits per heavy atom. The van der Waals surface area contributed by atoms with E-state index in [-0.39, 0.29) is 17.7 Å². The molecule has 2 aromatic heterocycles. The third-order valence-corrected chi connectivity index (χ3v) is 8.77. The van der Waals surface area contributed by atoms with Gasteiger partial charge in [0, 0.05) is 36.0 Å². The van der Waals surface area contributed by atoms with E-state index in [0.29, 0.717) is 53.2 Å². The lowest BCUT2D eigenvalue weighted by molar-refractivity contribution is 0.163. The first-order valence-corrected chi connectivity index (χ1v) is 15.2. The highest BCUT2D eigenvalue weighted by molar-refractivity contribution is 7.91. The summed E-state index contributed by atoms with van der Waals surface area (Å²) in [4.78, 5) is 10.9. The Bertz CT molecular complexity index is 1840. The van der Waals surface area contributed by atoms with Gasteiger partial charge in [-0.25, -0.2) is 22.8 Å². The van der Waals surface area contributed by atoms with Crippen molar-refractivity contribution < 1.29 is 22.0 Å². The molecule has 3 aromatic carbocycles. The molecule has 0 unspecified atom stereocenters. The lowest BCUT2D eigenvalue weighted by Gasteiger charge is -2.37. The summed E-state index contributed by atoms with van der Waals surface area (Å²) < 4.78 is 48.7. The molecule has 0 amide bonds. The van der Waals surface area contributed by atoms with Gasteiger partial charge in [-0.3, -0.25) is 4.90 Å². The zero-order valence-corrected chi connectivity index (χ0v) is 23.6. The molecule has 0 bridgehead atoms. The summed E-state index contributed by atoms with van der Waals surface area (Å²) in [6, 6.07) is 21.2. The Morgan fingerprint density at radius 2 is 1.93 bits per heavy atom. The first-order chi connectivity index (χ1) is 19.7. The van der Waals surface area contributed by atoms with Crippen molar-refractivity contribution in [1.29, 1.82) is 0 Å². The van der Waals surface area contributed by atoms with Crippen LogP contribution in [0.4, 0.5) is 15.9 Å². The number of furan rings is 1. The van der Waals surface area contributed by atoms with E-state index >= 15 is 0 Å². The Kier molecular flexibility index (Phi) is 7.37. The molecule has 0 spiro atoms. The van der Waals surface area contributed by atoms with E-state index in [9.17, 15) is 12.8 Å². The van der Waals surface area contributed by atoms with Gasteiger partial charge in [-0.05, 0) is 66.2 Å². The molecule has 210 valence electrons. The minimum Gasteiger partial charge on any atom is -0.487 e. The molecule has 1 N–H and O–H groups in total. The zero-order chi connectivity index (χ0) is 28.6. The van der Waals surface area contributed by atoms with Crippen molar-refractivity contribution in [2.75, 3.05) is 24.7 Å². The van der Waals surface area contributed by atoms with Gasteiger partial charge in [0.2, 0.25) is 0 Å². The number of aromatic nitrogens is 2. The van der Waals surface area contributed by atoms with Crippen LogP contribution in [-0.2, 0) is 23.0 Å². The Balaban J connectivity index is 1.16. The topological polar surface area (TPSA) is 97.6 Å². The average Bonchev–Trinajstić information content (AvgIpc) is 3.38. The van der Waals surface area contributed by atoms with E-state index in [1.165, 1.54) is 24.7 Å². The van der Waals surface area contributed by atoms with Gasteiger partial charge < -0.3 is 14.5 Å². The van der Waals surface area contributed by atoms with E-state index in [4.69, 9.17) is 20.8 Å². The average molecular weight is 593 g/mol. The van der Waals surface area contributed by atoms with E-state index in [1.54, 1.807) is 24.3 Å². The molecule has 0 radical (unpaired) electrons. The van der Waals surface area contributed by atoms with Crippen LogP contribution in [0.3, 0.4) is 0 Å². The molecular weight excluding hydrogens is 567 g/mol. The van der Waals surface area contributed by atoms with Crippen molar-refractivity contribution in [3.8, 4) is 17.1 Å². The number of fused-ring (bicyclic) bond motifs is 1. The largest absolute Gasteiger partial charge is 0.487 e. The molecule has 0 saturated carbocycles. The number of benzene rings is 3. The number of sulfone groups is 1. The summed E-state index contributed by atoms with van der Waals surface area (Å²) in [5, 5.41) is 4.20. The van der Waals surface area contributed by atoms with Crippen molar-refractivity contribution in [3.05, 3.63) is 101 Å². The van der Waals surface area contributed by atoms with Gasteiger partial charge in [0.1, 0.15) is 41.8 Å². The van der Waals surface area contributed by atoms with Crippen molar-refractivity contribution in [2.24, 2.45) is 0 Å². The zero-order valence-electron chi connectivity index (χ0n) is 22.1. The maximum Gasteiger partial charge on any atom is 0.152 e. The molecule has 1 saturated heterocycles. The van der Waals surface area contributed by atoms with Gasteiger partial charge in [-0.1, -0.05) is 23.7 Å². The van der Waals surface area contributed by atoms with Crippen molar-refractivity contribution in [1.82, 2.24) is 14.9 Å². The number of nitrogens with zero attached hydrogens (tertiary/aromatic N) is 3. The smallest absolute Gasteiger partial charge is 0.152 e. The number of rotatable bonds is 9. The summed E-state index contributed by atoms with van der Waals surface area (Å²) in [5.41, 5.74) is 3.03. The van der Waals surface area contributed by atoms with E-state index in [0.717, 1.165) is 22.2 Å². The molecule has 1 aliphatic rings. The molecule has 8 nitrogen and oxygen atoms in total. The van der Waals surface area contributed by atoms with Gasteiger partial charge in [0.05, 0.1) is 22.3 Å². The highest BCUT2D eigenvalue weighted by Gasteiger charge is 2.34. The minimum absolute atomic E-state index is 0.192. The molecule has 41 heavy (non-hydrogen) atoms. The number of nitrogens with one attached hydrogen (secondary N) is 1. The number of hydrogen-bond donors (Lipinski definition) is 1. The number of halogens is 2. The van der Waals surface area contributed by atoms with E-state index < -0.39 is 9.84 Å². The fourth-order valence-electron chi connectivity index (χ4n) is 4.69. The maximum atomic E-state index is 13.4. The molecular formula is C30H26ClFN4O4S. The molecule has 1 fully saturated rings. The fourth-order valence-corrected chi connectivity index (χ4v) is 5.89. The SMILES string of the molecule is CS(=O)(=O)C1CN(Cc2ccc(-c3ccc4ncnc(Nc5ccc(OCc6cccc(F)c6)c(Cl)c5)c4c3)o2)C1. The molecule has 0 atom stereocenters. The van der Waals surface area contributed by atoms with Crippen molar-refractivity contribution in [2.45, 2.75) is 18.4 Å². The monoisotopic (exact) mass is 592 g/mol. The van der Waals surface area contributed by atoms with E-state index in [2.05, 4.69) is 15.3 Å². The van der Waals surface area contributed by atoms with Crippen LogP contribution < -0.4 is 10.1 Å². The third-order valence-electron chi connectivity index (χ3n) is 6.97. The maximum absolute atomic E-state index is 13.4. The van der Waals surface area contributed by atoms with Crippen molar-refractivity contribution >= 4 is 43.8 Å². The Labute approximate surface area is 241 Å². The highest BCUT2D eigenvalue weighted by atomic mass is 35.5. The summed E-state index contributed by atoms with van der Waals surface area (Å²) in [6.45, 7) is 1.78. The van der Waals surface area contributed by atoms with Crippen LogP contribution in [0.1, 0.15) is 11.3 Å². The first-order valence-electron chi connectivity index (χ1n) is 12.9. The standard InChI is InChI=1S/C30H26ClFN4O4S/c1-41(37,38)24-15-36(16-24)14-23-7-10-28(40-23)20-5-8-27-25(12-20)30(34-18-33-27)35-22-6-9-29(26(31)13-22)39-17-19-3-2-4-21(32)11-19/h2-13,18,24H,14-17H2,1H3,(H,33,34,35). The number of ether oxygens (including phenoxy) is 1. The summed E-state index contributed by atoms with van der Waals surface area (Å²) in [6.07, 6.45) is 2.77. The lowest BCUT2D eigenvalue weighted by atomic mass is 10.1. The summed E-state index contributed by atoms with van der Waals surface area (Å²) in [7, 11) is -3.01. The summed E-state index contributed by atoms with van der Waals surface area (Å²) in [5.74, 6) is 2.22. The van der Waals surface area contributed by atoms with Crippen LogP contribution in [0.25, 0.3) is 22.2 Å². The summed E-state index contributed by atoms with van der Waals surface area (Å²) >= 11 is 6.48. The second kappa shape index (κ2) is 11.1. The van der Waals surface area contributed by atoms with Crippen LogP contribution in [0.2, 0.25) is 5.02 Å². The highest BCUT2D eigenvalue weighted by Crippen LogP contribution is 2.33. The van der Waals surface area contributed by atoms with Crippen molar-refractivity contribution in [3.63, 3.8) is 0 Å². The fraction of sp³-hybridized carbons (Fsp3) is 0.200. The van der Waals surface area contributed by atoms with Crippen LogP contribution in [0.15, 0.2) is 83.5 Å². The number of likely N-dealkylation sites (tertiary alicyclic amines) is 1.